The van der Waals surface area contributed by atoms with E-state index in [-0.39, 0.29) is 29.4 Å². The second-order valence-electron chi connectivity index (χ2n) is 6.94. The number of carbonyl (C=O) groups excluding carboxylic acids is 1. The van der Waals surface area contributed by atoms with Gasteiger partial charge in [0.2, 0.25) is 10.0 Å². The second-order valence-corrected chi connectivity index (χ2v) is 9.34. The van der Waals surface area contributed by atoms with Crippen molar-refractivity contribution < 1.29 is 18.5 Å². The highest BCUT2D eigenvalue weighted by atomic mass is 35.5. The van der Waals surface area contributed by atoms with Crippen molar-refractivity contribution in [2.75, 3.05) is 18.9 Å². The average Bonchev–Trinajstić information content (AvgIpc) is 2.66. The first-order valence-corrected chi connectivity index (χ1v) is 10.9. The molecular formula is C20H27ClN3O3S+. The number of sulfonamides is 1. The van der Waals surface area contributed by atoms with Gasteiger partial charge in [-0.1, -0.05) is 29.8 Å². The highest BCUT2D eigenvalue weighted by Crippen LogP contribution is 2.20. The van der Waals surface area contributed by atoms with Gasteiger partial charge in [0.25, 0.3) is 5.91 Å². The van der Waals surface area contributed by atoms with E-state index in [0.29, 0.717) is 10.7 Å². The van der Waals surface area contributed by atoms with Crippen molar-refractivity contribution in [2.45, 2.75) is 37.8 Å². The molecule has 0 aliphatic carbocycles. The number of anilines is 1. The molecule has 1 amide bonds. The van der Waals surface area contributed by atoms with Gasteiger partial charge in [-0.15, -0.1) is 0 Å². The summed E-state index contributed by atoms with van der Waals surface area (Å²) < 4.78 is 26.3. The van der Waals surface area contributed by atoms with Crippen LogP contribution in [0.5, 0.6) is 0 Å². The highest BCUT2D eigenvalue weighted by Gasteiger charge is 2.23. The fourth-order valence-corrected chi connectivity index (χ4v) is 4.30. The molecule has 0 unspecified atom stereocenters. The molecule has 0 heterocycles. The van der Waals surface area contributed by atoms with Crippen LogP contribution in [0.2, 0.25) is 5.02 Å². The maximum Gasteiger partial charge on any atom is 0.279 e. The minimum atomic E-state index is -3.54. The fourth-order valence-electron chi connectivity index (χ4n) is 2.62. The van der Waals surface area contributed by atoms with E-state index in [0.717, 1.165) is 5.56 Å². The van der Waals surface area contributed by atoms with Crippen LogP contribution in [0.1, 0.15) is 32.4 Å². The Morgan fingerprint density at radius 2 is 1.71 bits per heavy atom. The number of quaternary nitrogens is 1. The number of nitrogens with two attached hydrogens (primary N) is 1. The third-order valence-electron chi connectivity index (χ3n) is 4.59. The number of nitrogens with zero attached hydrogens (tertiary/aromatic N) is 1. The number of hydrogen-bond acceptors (Lipinski definition) is 3. The van der Waals surface area contributed by atoms with Gasteiger partial charge >= 0.3 is 0 Å². The molecule has 6 nitrogen and oxygen atoms in total. The van der Waals surface area contributed by atoms with Crippen LogP contribution in [0, 0.1) is 0 Å². The van der Waals surface area contributed by atoms with E-state index in [9.17, 15) is 13.2 Å². The monoisotopic (exact) mass is 424 g/mol. The predicted octanol–water partition coefficient (Wildman–Crippen LogP) is 2.63. The molecule has 0 fully saturated rings. The second kappa shape index (κ2) is 9.52. The molecule has 2 aromatic rings. The van der Waals surface area contributed by atoms with Crippen molar-refractivity contribution in [3.05, 3.63) is 59.1 Å². The van der Waals surface area contributed by atoms with Crippen LogP contribution >= 0.6 is 11.6 Å². The van der Waals surface area contributed by atoms with Gasteiger partial charge in [0, 0.05) is 29.4 Å². The first-order chi connectivity index (χ1) is 13.1. The van der Waals surface area contributed by atoms with E-state index < -0.39 is 10.0 Å². The first-order valence-electron chi connectivity index (χ1n) is 9.08. The molecule has 0 saturated heterocycles. The largest absolute Gasteiger partial charge is 0.332 e. The summed E-state index contributed by atoms with van der Waals surface area (Å²) in [4.78, 5) is 12.4. The number of nitrogens with one attached hydrogen (secondary N) is 1. The molecule has 28 heavy (non-hydrogen) atoms. The Kier molecular flexibility index (Phi) is 7.60. The van der Waals surface area contributed by atoms with E-state index in [1.165, 1.54) is 16.4 Å². The zero-order valence-corrected chi connectivity index (χ0v) is 18.1. The lowest BCUT2D eigenvalue weighted by Crippen LogP contribution is -2.86. The molecule has 0 spiro atoms. The minimum Gasteiger partial charge on any atom is -0.332 e. The van der Waals surface area contributed by atoms with Crippen LogP contribution in [0.4, 0.5) is 5.69 Å². The fraction of sp³-hybridized carbons (Fsp3) is 0.350. The molecule has 0 aromatic heterocycles. The quantitative estimate of drug-likeness (QED) is 0.683. The molecule has 3 N–H and O–H groups in total. The van der Waals surface area contributed by atoms with Gasteiger partial charge in [0.1, 0.15) is 6.04 Å². The lowest BCUT2D eigenvalue weighted by atomic mass is 10.1. The van der Waals surface area contributed by atoms with Crippen molar-refractivity contribution >= 4 is 33.2 Å². The molecule has 0 aliphatic heterocycles. The predicted molar refractivity (Wildman–Crippen MR) is 112 cm³/mol. The smallest absolute Gasteiger partial charge is 0.279 e. The summed E-state index contributed by atoms with van der Waals surface area (Å²) in [7, 11) is -1.99. The molecule has 0 aliphatic rings. The minimum absolute atomic E-state index is 0.0403. The molecular weight excluding hydrogens is 398 g/mol. The lowest BCUT2D eigenvalue weighted by Gasteiger charge is -2.21. The molecule has 0 bridgehead atoms. The van der Waals surface area contributed by atoms with Crippen LogP contribution in [0.3, 0.4) is 0 Å². The van der Waals surface area contributed by atoms with E-state index in [1.807, 2.05) is 50.4 Å². The normalized spacial score (nSPS) is 13.0. The Balaban J connectivity index is 1.95. The van der Waals surface area contributed by atoms with E-state index in [2.05, 4.69) is 5.32 Å². The van der Waals surface area contributed by atoms with Gasteiger partial charge < -0.3 is 10.6 Å². The van der Waals surface area contributed by atoms with Crippen molar-refractivity contribution in [3.8, 4) is 0 Å². The summed E-state index contributed by atoms with van der Waals surface area (Å²) in [6.45, 7) is 5.83. The summed E-state index contributed by atoms with van der Waals surface area (Å²) in [5, 5.41) is 5.35. The van der Waals surface area contributed by atoms with E-state index in [1.54, 1.807) is 19.2 Å². The molecule has 2 aromatic carbocycles. The highest BCUT2D eigenvalue weighted by molar-refractivity contribution is 7.89. The number of halogens is 1. The summed E-state index contributed by atoms with van der Waals surface area (Å²) in [6, 6.07) is 13.6. The maximum absolute atomic E-state index is 12.5. The van der Waals surface area contributed by atoms with Gasteiger partial charge in [0.15, 0.2) is 6.54 Å². The number of carbonyl (C=O) groups is 1. The van der Waals surface area contributed by atoms with Crippen LogP contribution in [0.25, 0.3) is 0 Å². The Hall–Kier alpha value is -1.93. The number of benzene rings is 2. The van der Waals surface area contributed by atoms with Gasteiger partial charge in [-0.05, 0) is 51.1 Å². The zero-order valence-electron chi connectivity index (χ0n) is 16.5. The number of hydrogen-bond donors (Lipinski definition) is 2. The number of rotatable bonds is 8. The van der Waals surface area contributed by atoms with Crippen LogP contribution in [-0.2, 0) is 14.8 Å². The Morgan fingerprint density at radius 1 is 1.11 bits per heavy atom. The lowest BCUT2D eigenvalue weighted by molar-refractivity contribution is -0.682. The molecule has 2 rings (SSSR count). The Labute approximate surface area is 171 Å². The van der Waals surface area contributed by atoms with Crippen molar-refractivity contribution in [1.29, 1.82) is 0 Å². The molecule has 152 valence electrons. The third-order valence-corrected chi connectivity index (χ3v) is 6.99. The number of amides is 1. The Morgan fingerprint density at radius 3 is 2.29 bits per heavy atom. The van der Waals surface area contributed by atoms with Crippen LogP contribution in [-0.4, -0.2) is 38.3 Å². The molecule has 0 radical (unpaired) electrons. The van der Waals surface area contributed by atoms with E-state index >= 15 is 0 Å². The van der Waals surface area contributed by atoms with E-state index in [4.69, 9.17) is 11.6 Å². The summed E-state index contributed by atoms with van der Waals surface area (Å²) in [5.41, 5.74) is 1.52. The standard InChI is InChI=1S/C20H26ClN3O3S/c1-14(2)24(4)28(26,27)17-11-9-16(10-12-17)23-20(25)13-22-15(3)18-7-5-6-8-19(18)21/h5-12,14-15,22H,13H2,1-4H3,(H,23,25)/p+1/t15-/m0/s1. The van der Waals surface area contributed by atoms with Gasteiger partial charge in [-0.2, -0.15) is 4.31 Å². The van der Waals surface area contributed by atoms with Crippen LogP contribution < -0.4 is 10.6 Å². The SMILES string of the molecule is CC(C)N(C)S(=O)(=O)c1ccc(NC(=O)C[NH2+][C@@H](C)c2ccccc2Cl)cc1. The molecule has 8 heteroatoms. The molecule has 1 atom stereocenters. The first kappa shape index (κ1) is 22.4. The summed E-state index contributed by atoms with van der Waals surface area (Å²) in [5.74, 6) is -0.172. The van der Waals surface area contributed by atoms with Crippen LogP contribution in [0.15, 0.2) is 53.4 Å². The summed E-state index contributed by atoms with van der Waals surface area (Å²) in [6.07, 6.45) is 0. The average molecular weight is 425 g/mol. The van der Waals surface area contributed by atoms with Gasteiger partial charge in [-0.3, -0.25) is 4.79 Å². The zero-order chi connectivity index (χ0) is 20.9. The van der Waals surface area contributed by atoms with Crippen molar-refractivity contribution in [3.63, 3.8) is 0 Å². The topological polar surface area (TPSA) is 83.1 Å². The van der Waals surface area contributed by atoms with Gasteiger partial charge in [0.05, 0.1) is 4.90 Å². The molecule has 0 saturated carbocycles. The van der Waals surface area contributed by atoms with Gasteiger partial charge in [-0.25, -0.2) is 8.42 Å². The summed E-state index contributed by atoms with van der Waals surface area (Å²) >= 11 is 6.18. The third kappa shape index (κ3) is 5.54. The Bertz CT molecular complexity index is 915. The van der Waals surface area contributed by atoms with Crippen molar-refractivity contribution in [1.82, 2.24) is 4.31 Å². The maximum atomic E-state index is 12.5. The van der Waals surface area contributed by atoms with Crippen molar-refractivity contribution in [2.24, 2.45) is 0 Å².